The molecule has 2 heteroatoms. The monoisotopic (exact) mass is 546 g/mol. The van der Waals surface area contributed by atoms with Gasteiger partial charge in [-0.2, -0.15) is 0 Å². The smallest absolute Gasteiger partial charge is 0.0571 e. The third-order valence-electron chi connectivity index (χ3n) is 8.89. The van der Waals surface area contributed by atoms with Gasteiger partial charge in [-0.05, 0) is 86.0 Å². The summed E-state index contributed by atoms with van der Waals surface area (Å²) in [5, 5.41) is 2.39. The Labute approximate surface area is 250 Å². The zero-order valence-electron chi connectivity index (χ0n) is 23.4. The molecule has 0 atom stereocenters. The molecular weight excluding hydrogens is 520 g/mol. The molecule has 0 fully saturated rings. The maximum Gasteiger partial charge on any atom is 0.0571 e. The number of para-hydroxylation sites is 1. The van der Waals surface area contributed by atoms with E-state index in [4.69, 9.17) is 0 Å². The molecular formula is C41H26N2. The van der Waals surface area contributed by atoms with Gasteiger partial charge in [0.15, 0.2) is 0 Å². The van der Waals surface area contributed by atoms with Crippen molar-refractivity contribution >= 4 is 21.8 Å². The molecule has 2 nitrogen and oxygen atoms in total. The first-order valence-corrected chi connectivity index (χ1v) is 14.7. The van der Waals surface area contributed by atoms with Crippen LogP contribution < -0.4 is 0 Å². The molecule has 0 saturated heterocycles. The fourth-order valence-corrected chi connectivity index (χ4v) is 6.94. The Bertz CT molecular complexity index is 2280. The average Bonchev–Trinajstić information content (AvgIpc) is 3.42. The van der Waals surface area contributed by atoms with Crippen molar-refractivity contribution in [2.45, 2.75) is 0 Å². The minimum Gasteiger partial charge on any atom is -0.309 e. The highest BCUT2D eigenvalue weighted by Crippen LogP contribution is 2.48. The summed E-state index contributed by atoms with van der Waals surface area (Å²) in [5.74, 6) is 0. The number of nitrogens with zero attached hydrogens (tertiary/aromatic N) is 2. The van der Waals surface area contributed by atoms with E-state index in [1.807, 2.05) is 12.4 Å². The minimum atomic E-state index is 1.14. The van der Waals surface area contributed by atoms with Crippen LogP contribution >= 0.6 is 0 Å². The maximum atomic E-state index is 4.40. The number of hydrogen-bond donors (Lipinski definition) is 0. The van der Waals surface area contributed by atoms with E-state index < -0.39 is 0 Å². The molecule has 0 unspecified atom stereocenters. The molecule has 0 bridgehead atoms. The van der Waals surface area contributed by atoms with Gasteiger partial charge in [0.05, 0.1) is 11.0 Å². The highest BCUT2D eigenvalue weighted by molar-refractivity contribution is 6.09. The van der Waals surface area contributed by atoms with Gasteiger partial charge in [-0.1, -0.05) is 115 Å². The number of aromatic nitrogens is 2. The van der Waals surface area contributed by atoms with E-state index in [-0.39, 0.29) is 0 Å². The zero-order chi connectivity index (χ0) is 28.3. The van der Waals surface area contributed by atoms with Crippen molar-refractivity contribution in [2.75, 3.05) is 0 Å². The Morgan fingerprint density at radius 3 is 1.49 bits per heavy atom. The van der Waals surface area contributed by atoms with Gasteiger partial charge in [0.25, 0.3) is 0 Å². The molecule has 0 N–H and O–H groups in total. The van der Waals surface area contributed by atoms with Crippen molar-refractivity contribution in [2.24, 2.45) is 0 Å². The first kappa shape index (κ1) is 23.9. The molecule has 0 spiro atoms. The van der Waals surface area contributed by atoms with Gasteiger partial charge < -0.3 is 4.57 Å². The van der Waals surface area contributed by atoms with Gasteiger partial charge in [0, 0.05) is 28.9 Å². The van der Waals surface area contributed by atoms with Crippen molar-refractivity contribution < 1.29 is 0 Å². The Morgan fingerprint density at radius 1 is 0.372 bits per heavy atom. The van der Waals surface area contributed by atoms with Gasteiger partial charge in [-0.25, -0.2) is 0 Å². The number of pyridine rings is 1. The Morgan fingerprint density at radius 2 is 0.860 bits per heavy atom. The van der Waals surface area contributed by atoms with Gasteiger partial charge in [0.1, 0.15) is 0 Å². The topological polar surface area (TPSA) is 17.8 Å². The van der Waals surface area contributed by atoms with Crippen molar-refractivity contribution in [3.63, 3.8) is 0 Å². The lowest BCUT2D eigenvalue weighted by Crippen LogP contribution is -1.97. The van der Waals surface area contributed by atoms with E-state index in [2.05, 4.69) is 155 Å². The van der Waals surface area contributed by atoms with Crippen LogP contribution in [-0.4, -0.2) is 9.55 Å². The van der Waals surface area contributed by atoms with Gasteiger partial charge in [0.2, 0.25) is 0 Å². The molecule has 2 heterocycles. The summed E-state index contributed by atoms with van der Waals surface area (Å²) in [5.41, 5.74) is 16.0. The molecule has 1 aliphatic rings. The Hall–Kier alpha value is -5.73. The van der Waals surface area contributed by atoms with Gasteiger partial charge in [-0.15, -0.1) is 0 Å². The Kier molecular flexibility index (Phi) is 5.23. The molecule has 200 valence electrons. The third-order valence-corrected chi connectivity index (χ3v) is 8.89. The van der Waals surface area contributed by atoms with Crippen molar-refractivity contribution in [3.8, 4) is 61.3 Å². The number of rotatable bonds is 2. The standard InChI is InChI=1S/C41H26N2/c1-2-10-31-30(9-1)32-11-3-4-13-34(32)36-22-19-28(25-38(36)35-14-6-5-12-33(31)35)27-17-20-29(21-18-27)43-40-16-8-7-15-37(40)39-26-42-24-23-41(39)43/h1-26H. The number of benzene rings is 6. The third kappa shape index (κ3) is 3.63. The second kappa shape index (κ2) is 9.40. The SMILES string of the molecule is c1ccc2c(c1)-c1ccccc1-c1ccc(-c3ccc(-n4c5ccccc5c5cnccc54)cc3)cc1-c1ccccc1-2. The molecule has 0 saturated carbocycles. The summed E-state index contributed by atoms with van der Waals surface area (Å²) >= 11 is 0. The lowest BCUT2D eigenvalue weighted by atomic mass is 9.80. The van der Waals surface area contributed by atoms with Crippen LogP contribution in [0.1, 0.15) is 0 Å². The fourth-order valence-electron chi connectivity index (χ4n) is 6.94. The molecule has 0 aliphatic heterocycles. The van der Waals surface area contributed by atoms with Gasteiger partial charge >= 0.3 is 0 Å². The molecule has 1 aliphatic carbocycles. The average molecular weight is 547 g/mol. The van der Waals surface area contributed by atoms with Crippen molar-refractivity contribution in [1.82, 2.24) is 9.55 Å². The second-order valence-corrected chi connectivity index (χ2v) is 11.2. The summed E-state index contributed by atoms with van der Waals surface area (Å²) in [7, 11) is 0. The van der Waals surface area contributed by atoms with Gasteiger partial charge in [-0.3, -0.25) is 4.98 Å². The fraction of sp³-hybridized carbons (Fsp3) is 0. The van der Waals surface area contributed by atoms with E-state index in [0.717, 1.165) is 5.69 Å². The largest absolute Gasteiger partial charge is 0.309 e. The van der Waals surface area contributed by atoms with E-state index in [1.54, 1.807) is 0 Å². The quantitative estimate of drug-likeness (QED) is 0.211. The van der Waals surface area contributed by atoms with E-state index in [1.165, 1.54) is 77.4 Å². The summed E-state index contributed by atoms with van der Waals surface area (Å²) in [6.07, 6.45) is 3.84. The van der Waals surface area contributed by atoms with E-state index >= 15 is 0 Å². The first-order valence-electron chi connectivity index (χ1n) is 14.7. The van der Waals surface area contributed by atoms with Crippen LogP contribution in [0, 0.1) is 0 Å². The normalized spacial score (nSPS) is 11.7. The number of fused-ring (bicyclic) bond motifs is 11. The highest BCUT2D eigenvalue weighted by atomic mass is 15.0. The molecule has 43 heavy (non-hydrogen) atoms. The van der Waals surface area contributed by atoms with Crippen LogP contribution in [0.2, 0.25) is 0 Å². The van der Waals surface area contributed by atoms with Crippen LogP contribution in [0.3, 0.4) is 0 Å². The van der Waals surface area contributed by atoms with Crippen LogP contribution in [0.15, 0.2) is 158 Å². The van der Waals surface area contributed by atoms with Crippen LogP contribution in [-0.2, 0) is 0 Å². The summed E-state index contributed by atoms with van der Waals surface area (Å²) in [4.78, 5) is 4.40. The summed E-state index contributed by atoms with van der Waals surface area (Å²) in [6, 6.07) is 53.0. The summed E-state index contributed by atoms with van der Waals surface area (Å²) in [6.45, 7) is 0. The molecule has 6 aromatic carbocycles. The van der Waals surface area contributed by atoms with Crippen LogP contribution in [0.4, 0.5) is 0 Å². The van der Waals surface area contributed by atoms with E-state index in [0.29, 0.717) is 0 Å². The molecule has 0 amide bonds. The highest BCUT2D eigenvalue weighted by Gasteiger charge is 2.22. The minimum absolute atomic E-state index is 1.14. The summed E-state index contributed by atoms with van der Waals surface area (Å²) < 4.78 is 2.33. The van der Waals surface area contributed by atoms with Crippen LogP contribution in [0.25, 0.3) is 83.1 Å². The molecule has 0 radical (unpaired) electrons. The first-order chi connectivity index (χ1) is 21.3. The van der Waals surface area contributed by atoms with Crippen molar-refractivity contribution in [3.05, 3.63) is 158 Å². The van der Waals surface area contributed by atoms with Crippen molar-refractivity contribution in [1.29, 1.82) is 0 Å². The lowest BCUT2D eigenvalue weighted by Gasteiger charge is -2.23. The van der Waals surface area contributed by atoms with E-state index in [9.17, 15) is 0 Å². The predicted molar refractivity (Wildman–Crippen MR) is 179 cm³/mol. The molecule has 2 aromatic heterocycles. The van der Waals surface area contributed by atoms with Crippen LogP contribution in [0.5, 0.6) is 0 Å². The molecule has 9 rings (SSSR count). The Balaban J connectivity index is 1.22. The lowest BCUT2D eigenvalue weighted by molar-refractivity contribution is 1.17. The predicted octanol–water partition coefficient (Wildman–Crippen LogP) is 10.8. The zero-order valence-corrected chi connectivity index (χ0v) is 23.4. The molecule has 8 aromatic rings. The second-order valence-electron chi connectivity index (χ2n) is 11.2. The maximum absolute atomic E-state index is 4.40. The number of hydrogen-bond acceptors (Lipinski definition) is 1.